The van der Waals surface area contributed by atoms with E-state index >= 15 is 0 Å². The lowest BCUT2D eigenvalue weighted by atomic mass is 9.86. The Bertz CT molecular complexity index is 807. The van der Waals surface area contributed by atoms with Crippen molar-refractivity contribution in [1.82, 2.24) is 4.57 Å². The van der Waals surface area contributed by atoms with Gasteiger partial charge in [0.2, 0.25) is 0 Å². The zero-order chi connectivity index (χ0) is 15.4. The van der Waals surface area contributed by atoms with Gasteiger partial charge in [-0.15, -0.1) is 0 Å². The molecule has 1 aromatic heterocycles. The van der Waals surface area contributed by atoms with Crippen molar-refractivity contribution in [2.24, 2.45) is 0 Å². The van der Waals surface area contributed by atoms with Gasteiger partial charge in [0, 0.05) is 27.3 Å². The maximum Gasteiger partial charge on any atom is 0.0496 e. The van der Waals surface area contributed by atoms with Crippen molar-refractivity contribution in [3.8, 4) is 0 Å². The van der Waals surface area contributed by atoms with Gasteiger partial charge in [-0.3, -0.25) is 0 Å². The quantitative estimate of drug-likeness (QED) is 0.486. The highest BCUT2D eigenvalue weighted by Crippen LogP contribution is 2.36. The van der Waals surface area contributed by atoms with Crippen LogP contribution >= 0.6 is 0 Å². The van der Waals surface area contributed by atoms with Crippen LogP contribution in [0.1, 0.15) is 47.1 Å². The summed E-state index contributed by atoms with van der Waals surface area (Å²) in [6.07, 6.45) is 0. The van der Waals surface area contributed by atoms with Gasteiger partial charge in [0.05, 0.1) is 0 Å². The van der Waals surface area contributed by atoms with Crippen LogP contribution in [-0.4, -0.2) is 4.57 Å². The zero-order valence-electron chi connectivity index (χ0n) is 14.0. The van der Waals surface area contributed by atoms with Gasteiger partial charge in [0.15, 0.2) is 0 Å². The smallest absolute Gasteiger partial charge is 0.0496 e. The molecule has 3 aromatic rings. The van der Waals surface area contributed by atoms with Crippen LogP contribution in [0.3, 0.4) is 0 Å². The molecule has 0 aliphatic rings. The number of benzene rings is 2. The highest BCUT2D eigenvalue weighted by Gasteiger charge is 2.22. The second-order valence-corrected chi connectivity index (χ2v) is 8.01. The predicted octanol–water partition coefficient (Wildman–Crippen LogP) is 5.85. The minimum Gasteiger partial charge on any atom is -0.335 e. The Morgan fingerprint density at radius 1 is 0.714 bits per heavy atom. The molecule has 3 rings (SSSR count). The molecule has 1 heteroatoms. The topological polar surface area (TPSA) is 4.93 Å². The van der Waals surface area contributed by atoms with E-state index in [1.807, 2.05) is 0 Å². The van der Waals surface area contributed by atoms with Crippen molar-refractivity contribution in [2.75, 3.05) is 0 Å². The number of rotatable bonds is 0. The Balaban J connectivity index is 2.47. The molecule has 0 unspecified atom stereocenters. The average molecular weight is 279 g/mol. The van der Waals surface area contributed by atoms with Gasteiger partial charge in [0.1, 0.15) is 0 Å². The van der Waals surface area contributed by atoms with E-state index < -0.39 is 0 Å². The summed E-state index contributed by atoms with van der Waals surface area (Å²) in [6.45, 7) is 13.6. The summed E-state index contributed by atoms with van der Waals surface area (Å²) < 4.78 is 2.46. The lowest BCUT2D eigenvalue weighted by molar-refractivity contribution is 0.423. The van der Waals surface area contributed by atoms with E-state index in [4.69, 9.17) is 0 Å². The number of hydrogen-bond acceptors (Lipinski definition) is 0. The fraction of sp³-hybridized carbons (Fsp3) is 0.400. The number of para-hydroxylation sites is 1. The van der Waals surface area contributed by atoms with Gasteiger partial charge in [0.25, 0.3) is 0 Å². The van der Waals surface area contributed by atoms with Gasteiger partial charge < -0.3 is 4.57 Å². The molecule has 0 aliphatic heterocycles. The fourth-order valence-electron chi connectivity index (χ4n) is 3.16. The Morgan fingerprint density at radius 2 is 1.33 bits per heavy atom. The molecule has 0 saturated heterocycles. The van der Waals surface area contributed by atoms with Crippen LogP contribution in [0, 0.1) is 0 Å². The van der Waals surface area contributed by atoms with E-state index in [-0.39, 0.29) is 11.0 Å². The molecule has 0 atom stereocenters. The average Bonchev–Trinajstić information content (AvgIpc) is 2.70. The number of fused-ring (bicyclic) bond motifs is 3. The van der Waals surface area contributed by atoms with Crippen LogP contribution in [0.15, 0.2) is 42.5 Å². The van der Waals surface area contributed by atoms with E-state index in [1.165, 1.54) is 27.4 Å². The highest BCUT2D eigenvalue weighted by molar-refractivity contribution is 6.08. The summed E-state index contributed by atoms with van der Waals surface area (Å²) in [5.74, 6) is 0. The molecule has 0 saturated carbocycles. The van der Waals surface area contributed by atoms with E-state index in [0.29, 0.717) is 0 Å². The van der Waals surface area contributed by atoms with Crippen LogP contribution in [0.25, 0.3) is 21.8 Å². The normalized spacial score (nSPS) is 13.2. The number of nitrogens with zero attached hydrogens (tertiary/aromatic N) is 1. The van der Waals surface area contributed by atoms with Crippen molar-refractivity contribution in [3.63, 3.8) is 0 Å². The Kier molecular flexibility index (Phi) is 2.95. The molecule has 0 aliphatic carbocycles. The van der Waals surface area contributed by atoms with E-state index in [1.54, 1.807) is 0 Å². The van der Waals surface area contributed by atoms with Crippen LogP contribution in [0.5, 0.6) is 0 Å². The third-order valence-corrected chi connectivity index (χ3v) is 4.21. The first-order valence-electron chi connectivity index (χ1n) is 7.74. The Labute approximate surface area is 127 Å². The first-order chi connectivity index (χ1) is 9.69. The molecule has 1 heterocycles. The van der Waals surface area contributed by atoms with Gasteiger partial charge in [-0.05, 0) is 49.9 Å². The second kappa shape index (κ2) is 4.37. The van der Waals surface area contributed by atoms with Crippen LogP contribution < -0.4 is 0 Å². The number of aromatic nitrogens is 1. The Morgan fingerprint density at radius 3 is 1.95 bits per heavy atom. The molecular formula is C20H25N. The molecule has 110 valence electrons. The van der Waals surface area contributed by atoms with Crippen molar-refractivity contribution >= 4 is 21.8 Å². The first-order valence-corrected chi connectivity index (χ1v) is 7.74. The van der Waals surface area contributed by atoms with Gasteiger partial charge in [-0.2, -0.15) is 0 Å². The molecule has 21 heavy (non-hydrogen) atoms. The van der Waals surface area contributed by atoms with Gasteiger partial charge in [-0.1, -0.05) is 45.0 Å². The molecule has 0 N–H and O–H groups in total. The third kappa shape index (κ3) is 2.25. The standard InChI is InChI=1S/C20H25N/c1-19(2,3)14-11-12-18-16(13-14)15-9-7-8-10-17(15)21(18)20(4,5)6/h7-13H,1-6H3. The summed E-state index contributed by atoms with van der Waals surface area (Å²) in [5.41, 5.74) is 4.30. The molecule has 1 nitrogen and oxygen atoms in total. The SMILES string of the molecule is CC(C)(C)c1ccc2c(c1)c1ccccc1n2C(C)(C)C. The van der Waals surface area contributed by atoms with Gasteiger partial charge >= 0.3 is 0 Å². The molecule has 0 bridgehead atoms. The summed E-state index contributed by atoms with van der Waals surface area (Å²) in [5, 5.41) is 2.72. The van der Waals surface area contributed by atoms with E-state index in [9.17, 15) is 0 Å². The maximum atomic E-state index is 2.46. The highest BCUT2D eigenvalue weighted by atomic mass is 15.0. The van der Waals surface area contributed by atoms with Crippen molar-refractivity contribution in [1.29, 1.82) is 0 Å². The zero-order valence-corrected chi connectivity index (χ0v) is 14.0. The summed E-state index contributed by atoms with van der Waals surface area (Å²) in [4.78, 5) is 0. The molecule has 0 radical (unpaired) electrons. The minimum atomic E-state index is 0.0740. The lowest BCUT2D eigenvalue weighted by Gasteiger charge is -2.24. The molecule has 0 amide bonds. The Hall–Kier alpha value is -1.76. The van der Waals surface area contributed by atoms with Gasteiger partial charge in [-0.25, -0.2) is 0 Å². The van der Waals surface area contributed by atoms with E-state index in [2.05, 4.69) is 88.6 Å². The summed E-state index contributed by atoms with van der Waals surface area (Å²) >= 11 is 0. The second-order valence-electron chi connectivity index (χ2n) is 8.01. The van der Waals surface area contributed by atoms with E-state index in [0.717, 1.165) is 0 Å². The van der Waals surface area contributed by atoms with Crippen LogP contribution in [0.2, 0.25) is 0 Å². The first kappa shape index (κ1) is 14.2. The lowest BCUT2D eigenvalue weighted by Crippen LogP contribution is -2.21. The maximum absolute atomic E-state index is 2.46. The van der Waals surface area contributed by atoms with Crippen LogP contribution in [0.4, 0.5) is 0 Å². The molecule has 0 spiro atoms. The molecule has 2 aromatic carbocycles. The summed E-state index contributed by atoms with van der Waals surface area (Å²) in [7, 11) is 0. The molecule has 0 fully saturated rings. The largest absolute Gasteiger partial charge is 0.335 e. The van der Waals surface area contributed by atoms with Crippen molar-refractivity contribution in [3.05, 3.63) is 48.0 Å². The number of hydrogen-bond donors (Lipinski definition) is 0. The molecular weight excluding hydrogens is 254 g/mol. The van der Waals surface area contributed by atoms with Crippen molar-refractivity contribution < 1.29 is 0 Å². The predicted molar refractivity (Wildman–Crippen MR) is 93.1 cm³/mol. The third-order valence-electron chi connectivity index (χ3n) is 4.21. The monoisotopic (exact) mass is 279 g/mol. The minimum absolute atomic E-state index is 0.0740. The van der Waals surface area contributed by atoms with Crippen LogP contribution in [-0.2, 0) is 11.0 Å². The fourth-order valence-corrected chi connectivity index (χ4v) is 3.16. The summed E-state index contributed by atoms with van der Waals surface area (Å²) in [6, 6.07) is 15.7. The van der Waals surface area contributed by atoms with Crippen molar-refractivity contribution in [2.45, 2.75) is 52.5 Å².